The first-order chi connectivity index (χ1) is 8.88. The van der Waals surface area contributed by atoms with Crippen molar-refractivity contribution in [3.63, 3.8) is 0 Å². The first-order valence-electron chi connectivity index (χ1n) is 7.40. The number of nitrogens with zero attached hydrogens (tertiary/aromatic N) is 2. The summed E-state index contributed by atoms with van der Waals surface area (Å²) in [5.74, 6) is 2.41. The van der Waals surface area contributed by atoms with E-state index in [0.29, 0.717) is 5.92 Å². The summed E-state index contributed by atoms with van der Waals surface area (Å²) in [6, 6.07) is 0. The molecule has 1 aromatic heterocycles. The fourth-order valence-corrected chi connectivity index (χ4v) is 2.53. The fourth-order valence-electron chi connectivity index (χ4n) is 2.53. The predicted molar refractivity (Wildman–Crippen MR) is 71.4 cm³/mol. The van der Waals surface area contributed by atoms with E-state index in [-0.39, 0.29) is 0 Å². The molecule has 1 N–H and O–H groups in total. The average Bonchev–Trinajstić information content (AvgIpc) is 2.84. The summed E-state index contributed by atoms with van der Waals surface area (Å²) in [4.78, 5) is 4.50. The molecule has 4 nitrogen and oxygen atoms in total. The second-order valence-corrected chi connectivity index (χ2v) is 5.33. The van der Waals surface area contributed by atoms with Gasteiger partial charge in [0.25, 0.3) is 0 Å². The third-order valence-corrected chi connectivity index (χ3v) is 3.62. The van der Waals surface area contributed by atoms with Crippen LogP contribution in [0.15, 0.2) is 4.52 Å². The lowest BCUT2D eigenvalue weighted by molar-refractivity contribution is 0.348. The van der Waals surface area contributed by atoms with E-state index in [1.54, 1.807) is 0 Å². The zero-order valence-corrected chi connectivity index (χ0v) is 11.5. The number of aryl methyl sites for hydroxylation is 1. The Morgan fingerprint density at radius 3 is 3.06 bits per heavy atom. The summed E-state index contributed by atoms with van der Waals surface area (Å²) in [5.41, 5.74) is 0. The van der Waals surface area contributed by atoms with Gasteiger partial charge in [-0.2, -0.15) is 4.98 Å². The standard InChI is InChI=1S/C14H25N3O/c1-2-3-4-5-8-14-16-13(17-18-14)10-12-7-6-9-15-11-12/h12,15H,2-11H2,1H3. The molecule has 1 atom stereocenters. The molecule has 102 valence electrons. The van der Waals surface area contributed by atoms with Crippen molar-refractivity contribution >= 4 is 0 Å². The van der Waals surface area contributed by atoms with E-state index in [4.69, 9.17) is 4.52 Å². The summed E-state index contributed by atoms with van der Waals surface area (Å²) < 4.78 is 5.30. The normalized spacial score (nSPS) is 20.2. The quantitative estimate of drug-likeness (QED) is 0.757. The van der Waals surface area contributed by atoms with E-state index >= 15 is 0 Å². The Labute approximate surface area is 110 Å². The Balaban J connectivity index is 1.71. The number of hydrogen-bond acceptors (Lipinski definition) is 4. The smallest absolute Gasteiger partial charge is 0.226 e. The summed E-state index contributed by atoms with van der Waals surface area (Å²) >= 11 is 0. The Hall–Kier alpha value is -0.900. The van der Waals surface area contributed by atoms with E-state index in [0.717, 1.165) is 37.6 Å². The maximum absolute atomic E-state index is 5.30. The predicted octanol–water partition coefficient (Wildman–Crippen LogP) is 2.73. The Kier molecular flexibility index (Phi) is 5.65. The Morgan fingerprint density at radius 1 is 1.33 bits per heavy atom. The van der Waals surface area contributed by atoms with Crippen LogP contribution in [0.25, 0.3) is 0 Å². The molecule has 2 rings (SSSR count). The Morgan fingerprint density at radius 2 is 2.28 bits per heavy atom. The van der Waals surface area contributed by atoms with Gasteiger partial charge in [-0.05, 0) is 38.3 Å². The highest BCUT2D eigenvalue weighted by molar-refractivity contribution is 4.89. The minimum atomic E-state index is 0.685. The number of aromatic nitrogens is 2. The van der Waals surface area contributed by atoms with Crippen molar-refractivity contribution in [1.82, 2.24) is 15.5 Å². The molecule has 1 aromatic rings. The van der Waals surface area contributed by atoms with Gasteiger partial charge in [0.2, 0.25) is 5.89 Å². The summed E-state index contributed by atoms with van der Waals surface area (Å²) in [7, 11) is 0. The largest absolute Gasteiger partial charge is 0.339 e. The zero-order chi connectivity index (χ0) is 12.6. The van der Waals surface area contributed by atoms with Crippen molar-refractivity contribution < 1.29 is 4.52 Å². The monoisotopic (exact) mass is 251 g/mol. The van der Waals surface area contributed by atoms with E-state index in [1.165, 1.54) is 38.5 Å². The highest BCUT2D eigenvalue weighted by atomic mass is 16.5. The molecule has 2 heterocycles. The van der Waals surface area contributed by atoms with Crippen LogP contribution in [-0.4, -0.2) is 23.2 Å². The Bertz CT molecular complexity index is 332. The van der Waals surface area contributed by atoms with Crippen molar-refractivity contribution in [3.8, 4) is 0 Å². The number of nitrogens with one attached hydrogen (secondary N) is 1. The third kappa shape index (κ3) is 4.41. The SMILES string of the molecule is CCCCCCc1nc(CC2CCCNC2)no1. The molecule has 0 aromatic carbocycles. The van der Waals surface area contributed by atoms with E-state index in [1.807, 2.05) is 0 Å². The highest BCUT2D eigenvalue weighted by Gasteiger charge is 2.16. The van der Waals surface area contributed by atoms with Crippen molar-refractivity contribution in [1.29, 1.82) is 0 Å². The van der Waals surface area contributed by atoms with Gasteiger partial charge in [0.15, 0.2) is 5.82 Å². The van der Waals surface area contributed by atoms with Crippen molar-refractivity contribution in [2.24, 2.45) is 5.92 Å². The molecular weight excluding hydrogens is 226 g/mol. The molecule has 4 heteroatoms. The number of rotatable bonds is 7. The van der Waals surface area contributed by atoms with Crippen LogP contribution in [-0.2, 0) is 12.8 Å². The van der Waals surface area contributed by atoms with Crippen LogP contribution in [0, 0.1) is 5.92 Å². The molecule has 1 unspecified atom stereocenters. The van der Waals surface area contributed by atoms with Gasteiger partial charge < -0.3 is 9.84 Å². The number of piperidine rings is 1. The second kappa shape index (κ2) is 7.52. The minimum Gasteiger partial charge on any atom is -0.339 e. The van der Waals surface area contributed by atoms with Crippen molar-refractivity contribution in [2.75, 3.05) is 13.1 Å². The molecule has 1 fully saturated rings. The highest BCUT2D eigenvalue weighted by Crippen LogP contribution is 2.15. The van der Waals surface area contributed by atoms with Crippen LogP contribution >= 0.6 is 0 Å². The van der Waals surface area contributed by atoms with E-state index < -0.39 is 0 Å². The van der Waals surface area contributed by atoms with Crippen molar-refractivity contribution in [2.45, 2.75) is 58.3 Å². The molecule has 0 amide bonds. The minimum absolute atomic E-state index is 0.685. The molecule has 0 saturated carbocycles. The van der Waals surface area contributed by atoms with Crippen LogP contribution in [0.1, 0.15) is 57.2 Å². The topological polar surface area (TPSA) is 51.0 Å². The third-order valence-electron chi connectivity index (χ3n) is 3.62. The summed E-state index contributed by atoms with van der Waals surface area (Å²) in [6.45, 7) is 4.48. The van der Waals surface area contributed by atoms with Gasteiger partial charge in [0.1, 0.15) is 0 Å². The molecule has 0 radical (unpaired) electrons. The van der Waals surface area contributed by atoms with Gasteiger partial charge in [-0.15, -0.1) is 0 Å². The van der Waals surface area contributed by atoms with Crippen molar-refractivity contribution in [3.05, 3.63) is 11.7 Å². The van der Waals surface area contributed by atoms with Crippen LogP contribution < -0.4 is 5.32 Å². The van der Waals surface area contributed by atoms with Crippen LogP contribution in [0.2, 0.25) is 0 Å². The zero-order valence-electron chi connectivity index (χ0n) is 11.5. The lowest BCUT2D eigenvalue weighted by atomic mass is 9.96. The maximum Gasteiger partial charge on any atom is 0.226 e. The molecule has 0 spiro atoms. The second-order valence-electron chi connectivity index (χ2n) is 5.33. The van der Waals surface area contributed by atoms with E-state index in [9.17, 15) is 0 Å². The van der Waals surface area contributed by atoms with Gasteiger partial charge in [0, 0.05) is 12.8 Å². The molecule has 1 aliphatic heterocycles. The van der Waals surface area contributed by atoms with E-state index in [2.05, 4.69) is 22.4 Å². The molecule has 1 saturated heterocycles. The fraction of sp³-hybridized carbons (Fsp3) is 0.857. The van der Waals surface area contributed by atoms with Crippen LogP contribution in [0.4, 0.5) is 0 Å². The number of unbranched alkanes of at least 4 members (excludes halogenated alkanes) is 3. The first kappa shape index (κ1) is 13.5. The summed E-state index contributed by atoms with van der Waals surface area (Å²) in [6.07, 6.45) is 9.46. The lowest BCUT2D eigenvalue weighted by Gasteiger charge is -2.20. The molecule has 1 aliphatic rings. The first-order valence-corrected chi connectivity index (χ1v) is 7.40. The van der Waals surface area contributed by atoms with Gasteiger partial charge in [-0.3, -0.25) is 0 Å². The summed E-state index contributed by atoms with van der Waals surface area (Å²) in [5, 5.41) is 7.52. The number of hydrogen-bond donors (Lipinski definition) is 1. The van der Waals surface area contributed by atoms with Gasteiger partial charge in [0.05, 0.1) is 0 Å². The van der Waals surface area contributed by atoms with Gasteiger partial charge >= 0.3 is 0 Å². The molecule has 0 bridgehead atoms. The molecule has 18 heavy (non-hydrogen) atoms. The molecular formula is C14H25N3O. The lowest BCUT2D eigenvalue weighted by Crippen LogP contribution is -2.31. The molecule has 0 aliphatic carbocycles. The van der Waals surface area contributed by atoms with Crippen LogP contribution in [0.5, 0.6) is 0 Å². The van der Waals surface area contributed by atoms with Crippen LogP contribution in [0.3, 0.4) is 0 Å². The van der Waals surface area contributed by atoms with Gasteiger partial charge in [-0.1, -0.05) is 31.3 Å². The van der Waals surface area contributed by atoms with Gasteiger partial charge in [-0.25, -0.2) is 0 Å². The maximum atomic E-state index is 5.30. The average molecular weight is 251 g/mol.